The molecule has 1 amide bonds. The van der Waals surface area contributed by atoms with Crippen LogP contribution in [0.4, 0.5) is 4.39 Å². The molecular formula is C15H17FN2OS. The Hall–Kier alpha value is -1.75. The molecule has 0 bridgehead atoms. The van der Waals surface area contributed by atoms with Crippen LogP contribution in [0.1, 0.15) is 26.2 Å². The first-order valence-corrected chi connectivity index (χ1v) is 7.45. The number of para-hydroxylation sites is 1. The predicted molar refractivity (Wildman–Crippen MR) is 80.1 cm³/mol. The molecule has 0 saturated carbocycles. The molecule has 0 aliphatic heterocycles. The van der Waals surface area contributed by atoms with E-state index >= 15 is 0 Å². The number of nitrogens with zero attached hydrogens (tertiary/aromatic N) is 2. The number of rotatable bonds is 5. The average molecular weight is 292 g/mol. The first kappa shape index (κ1) is 14.7. The third-order valence-electron chi connectivity index (χ3n) is 2.93. The van der Waals surface area contributed by atoms with E-state index in [1.807, 2.05) is 13.0 Å². The van der Waals surface area contributed by atoms with Crippen LogP contribution in [0.5, 0.6) is 0 Å². The van der Waals surface area contributed by atoms with Crippen LogP contribution in [0.3, 0.4) is 0 Å². The van der Waals surface area contributed by atoms with Crippen molar-refractivity contribution in [3.63, 3.8) is 0 Å². The van der Waals surface area contributed by atoms with Gasteiger partial charge in [-0.1, -0.05) is 36.8 Å². The van der Waals surface area contributed by atoms with Crippen molar-refractivity contribution in [1.82, 2.24) is 4.57 Å². The molecule has 1 heterocycles. The number of carbonyl (C=O) groups is 1. The van der Waals surface area contributed by atoms with Gasteiger partial charge in [-0.2, -0.15) is 4.99 Å². The zero-order valence-electron chi connectivity index (χ0n) is 11.4. The number of aromatic nitrogens is 1. The number of thiazole rings is 1. The number of amides is 1. The molecule has 2 aromatic rings. The Labute approximate surface area is 121 Å². The molecule has 5 heteroatoms. The lowest BCUT2D eigenvalue weighted by molar-refractivity contribution is -0.118. The summed E-state index contributed by atoms with van der Waals surface area (Å²) in [5, 5.41) is 0. The van der Waals surface area contributed by atoms with Gasteiger partial charge in [-0.3, -0.25) is 4.79 Å². The number of halogens is 1. The molecule has 0 aliphatic rings. The van der Waals surface area contributed by atoms with Gasteiger partial charge in [0.25, 0.3) is 0 Å². The number of allylic oxidation sites excluding steroid dienone is 1. The fourth-order valence-electron chi connectivity index (χ4n) is 1.96. The van der Waals surface area contributed by atoms with Gasteiger partial charge in [0, 0.05) is 13.0 Å². The summed E-state index contributed by atoms with van der Waals surface area (Å²) in [6.45, 7) is 6.14. The van der Waals surface area contributed by atoms with Gasteiger partial charge >= 0.3 is 0 Å². The van der Waals surface area contributed by atoms with Crippen molar-refractivity contribution in [2.75, 3.05) is 0 Å². The van der Waals surface area contributed by atoms with Crippen molar-refractivity contribution in [1.29, 1.82) is 0 Å². The highest BCUT2D eigenvalue weighted by Crippen LogP contribution is 2.20. The SMILES string of the molecule is C=CCn1c(=NC(=O)CCCC)sc2cccc(F)c21. The van der Waals surface area contributed by atoms with Crippen molar-refractivity contribution < 1.29 is 9.18 Å². The quantitative estimate of drug-likeness (QED) is 0.775. The fourth-order valence-corrected chi connectivity index (χ4v) is 3.03. The molecule has 1 aromatic heterocycles. The Morgan fingerprint density at radius 2 is 2.35 bits per heavy atom. The van der Waals surface area contributed by atoms with Crippen LogP contribution in [-0.2, 0) is 11.3 Å². The van der Waals surface area contributed by atoms with Gasteiger partial charge in [0.2, 0.25) is 5.91 Å². The molecule has 3 nitrogen and oxygen atoms in total. The standard InChI is InChI=1S/C15H17FN2OS/c1-3-5-9-13(19)17-15-18(10-4-2)14-11(16)7-6-8-12(14)20-15/h4,6-8H,2-3,5,9-10H2,1H3. The molecule has 0 fully saturated rings. The van der Waals surface area contributed by atoms with E-state index in [1.54, 1.807) is 16.7 Å². The maximum Gasteiger partial charge on any atom is 0.248 e. The number of benzene rings is 1. The maximum atomic E-state index is 13.9. The highest BCUT2D eigenvalue weighted by Gasteiger charge is 2.10. The van der Waals surface area contributed by atoms with Crippen LogP contribution >= 0.6 is 11.3 Å². The highest BCUT2D eigenvalue weighted by atomic mass is 32.1. The first-order valence-electron chi connectivity index (χ1n) is 6.63. The summed E-state index contributed by atoms with van der Waals surface area (Å²) >= 11 is 1.33. The number of carbonyl (C=O) groups excluding carboxylic acids is 1. The Balaban J connectivity index is 2.55. The zero-order valence-corrected chi connectivity index (χ0v) is 12.3. The van der Waals surface area contributed by atoms with Crippen LogP contribution in [0.15, 0.2) is 35.8 Å². The van der Waals surface area contributed by atoms with E-state index in [1.165, 1.54) is 17.4 Å². The van der Waals surface area contributed by atoms with E-state index in [0.717, 1.165) is 17.5 Å². The summed E-state index contributed by atoms with van der Waals surface area (Å²) in [5.74, 6) is -0.459. The van der Waals surface area contributed by atoms with E-state index in [9.17, 15) is 9.18 Å². The van der Waals surface area contributed by atoms with E-state index in [2.05, 4.69) is 11.6 Å². The first-order chi connectivity index (χ1) is 9.67. The number of hydrogen-bond donors (Lipinski definition) is 0. The second kappa shape index (κ2) is 6.61. The largest absolute Gasteiger partial charge is 0.310 e. The van der Waals surface area contributed by atoms with Gasteiger partial charge in [0.05, 0.1) is 10.2 Å². The van der Waals surface area contributed by atoms with Crippen LogP contribution in [-0.4, -0.2) is 10.5 Å². The summed E-state index contributed by atoms with van der Waals surface area (Å²) in [4.78, 5) is 16.5. The van der Waals surface area contributed by atoms with Crippen LogP contribution < -0.4 is 4.80 Å². The molecule has 106 valence electrons. The van der Waals surface area contributed by atoms with Gasteiger partial charge < -0.3 is 4.57 Å². The predicted octanol–water partition coefficient (Wildman–Crippen LogP) is 3.65. The van der Waals surface area contributed by atoms with Crippen molar-refractivity contribution in [2.24, 2.45) is 4.99 Å². The minimum Gasteiger partial charge on any atom is -0.310 e. The number of hydrogen-bond acceptors (Lipinski definition) is 2. The average Bonchev–Trinajstić information content (AvgIpc) is 2.76. The Bertz CT molecular complexity index is 699. The monoisotopic (exact) mass is 292 g/mol. The molecule has 0 aliphatic carbocycles. The van der Waals surface area contributed by atoms with E-state index in [0.29, 0.717) is 23.3 Å². The third-order valence-corrected chi connectivity index (χ3v) is 3.97. The van der Waals surface area contributed by atoms with Gasteiger partial charge in [-0.25, -0.2) is 4.39 Å². The zero-order chi connectivity index (χ0) is 14.5. The molecular weight excluding hydrogens is 275 g/mol. The Kier molecular flexibility index (Phi) is 4.84. The minimum atomic E-state index is -0.303. The maximum absolute atomic E-state index is 13.9. The van der Waals surface area contributed by atoms with Gasteiger partial charge in [0.1, 0.15) is 5.82 Å². The fraction of sp³-hybridized carbons (Fsp3) is 0.333. The van der Waals surface area contributed by atoms with Gasteiger partial charge in [0.15, 0.2) is 4.80 Å². The molecule has 0 spiro atoms. The van der Waals surface area contributed by atoms with Gasteiger partial charge in [-0.15, -0.1) is 6.58 Å². The molecule has 0 unspecified atom stereocenters. The van der Waals surface area contributed by atoms with E-state index in [4.69, 9.17) is 0 Å². The van der Waals surface area contributed by atoms with Gasteiger partial charge in [-0.05, 0) is 18.6 Å². The van der Waals surface area contributed by atoms with Crippen LogP contribution in [0, 0.1) is 5.82 Å². The second-order valence-corrected chi connectivity index (χ2v) is 5.49. The van der Waals surface area contributed by atoms with Crippen molar-refractivity contribution in [2.45, 2.75) is 32.7 Å². The van der Waals surface area contributed by atoms with Crippen LogP contribution in [0.2, 0.25) is 0 Å². The van der Waals surface area contributed by atoms with E-state index < -0.39 is 0 Å². The summed E-state index contributed by atoms with van der Waals surface area (Å²) in [7, 11) is 0. The summed E-state index contributed by atoms with van der Waals surface area (Å²) in [6.07, 6.45) is 3.88. The third kappa shape index (κ3) is 3.04. The smallest absolute Gasteiger partial charge is 0.248 e. The van der Waals surface area contributed by atoms with Crippen molar-refractivity contribution >= 4 is 27.5 Å². The molecule has 2 rings (SSSR count). The summed E-state index contributed by atoms with van der Waals surface area (Å²) in [6, 6.07) is 4.91. The van der Waals surface area contributed by atoms with Crippen LogP contribution in [0.25, 0.3) is 10.2 Å². The van der Waals surface area contributed by atoms with E-state index in [-0.39, 0.29) is 11.7 Å². The summed E-state index contributed by atoms with van der Waals surface area (Å²) < 4.78 is 16.4. The minimum absolute atomic E-state index is 0.156. The summed E-state index contributed by atoms with van der Waals surface area (Å²) in [5.41, 5.74) is 0.486. The topological polar surface area (TPSA) is 34.4 Å². The molecule has 0 radical (unpaired) electrons. The molecule has 0 saturated heterocycles. The highest BCUT2D eigenvalue weighted by molar-refractivity contribution is 7.16. The Morgan fingerprint density at radius 3 is 3.05 bits per heavy atom. The second-order valence-electron chi connectivity index (χ2n) is 4.48. The van der Waals surface area contributed by atoms with Crippen molar-refractivity contribution in [3.05, 3.63) is 41.5 Å². The lowest BCUT2D eigenvalue weighted by Gasteiger charge is -2.01. The molecule has 0 N–H and O–H groups in total. The lowest BCUT2D eigenvalue weighted by atomic mass is 10.2. The molecule has 0 atom stereocenters. The number of fused-ring (bicyclic) bond motifs is 1. The van der Waals surface area contributed by atoms with Crippen molar-refractivity contribution in [3.8, 4) is 0 Å². The lowest BCUT2D eigenvalue weighted by Crippen LogP contribution is -2.16. The number of unbranched alkanes of at least 4 members (excludes halogenated alkanes) is 1. The molecule has 1 aromatic carbocycles. The molecule has 20 heavy (non-hydrogen) atoms. The Morgan fingerprint density at radius 1 is 1.55 bits per heavy atom. The normalized spacial score (nSPS) is 12.0.